The first-order valence-electron chi connectivity index (χ1n) is 16.7. The molecule has 236 valence electrons. The molecule has 0 bridgehead atoms. The van der Waals surface area contributed by atoms with Crippen LogP contribution in [0.2, 0.25) is 0 Å². The van der Waals surface area contributed by atoms with Gasteiger partial charge in [-0.15, -0.1) is 0 Å². The first-order chi connectivity index (χ1) is 22.0. The molecule has 7 heteroatoms. The third-order valence-electron chi connectivity index (χ3n) is 11.3. The lowest BCUT2D eigenvalue weighted by Gasteiger charge is -2.53. The van der Waals surface area contributed by atoms with Crippen molar-refractivity contribution in [1.29, 1.82) is 0 Å². The Balaban J connectivity index is 1.23. The van der Waals surface area contributed by atoms with Crippen LogP contribution in [0, 0.1) is 17.3 Å². The van der Waals surface area contributed by atoms with Gasteiger partial charge in [-0.1, -0.05) is 88.7 Å². The highest BCUT2D eigenvalue weighted by atomic mass is 79.9. The summed E-state index contributed by atoms with van der Waals surface area (Å²) in [7, 11) is 0. The monoisotopic (exact) mass is 669 g/mol. The van der Waals surface area contributed by atoms with Gasteiger partial charge in [0.1, 0.15) is 5.54 Å². The van der Waals surface area contributed by atoms with Crippen LogP contribution in [0.4, 0.5) is 0 Å². The molecule has 4 heterocycles. The van der Waals surface area contributed by atoms with E-state index >= 15 is 4.79 Å². The molecule has 1 spiro atoms. The summed E-state index contributed by atoms with van der Waals surface area (Å²) < 4.78 is 6.79. The van der Waals surface area contributed by atoms with Gasteiger partial charge in [-0.2, -0.15) is 0 Å². The Morgan fingerprint density at radius 3 is 2.20 bits per heavy atom. The minimum Gasteiger partial charge on any atom is -0.381 e. The quantitative estimate of drug-likeness (QED) is 0.312. The van der Waals surface area contributed by atoms with Gasteiger partial charge in [0.15, 0.2) is 5.78 Å². The Morgan fingerprint density at radius 2 is 1.51 bits per heavy atom. The van der Waals surface area contributed by atoms with E-state index in [1.807, 2.05) is 12.1 Å². The van der Waals surface area contributed by atoms with Crippen molar-refractivity contribution in [2.24, 2.45) is 17.3 Å². The molecule has 6 nitrogen and oxygen atoms in total. The van der Waals surface area contributed by atoms with Crippen molar-refractivity contribution in [2.75, 3.05) is 45.9 Å². The van der Waals surface area contributed by atoms with Crippen LogP contribution >= 0.6 is 15.9 Å². The molecule has 3 atom stereocenters. The van der Waals surface area contributed by atoms with E-state index < -0.39 is 5.54 Å². The highest BCUT2D eigenvalue weighted by Gasteiger charge is 2.59. The highest BCUT2D eigenvalue weighted by molar-refractivity contribution is 9.10. The molecule has 1 amide bonds. The molecule has 4 aliphatic heterocycles. The third kappa shape index (κ3) is 5.71. The second-order valence-corrected chi connectivity index (χ2v) is 14.5. The van der Waals surface area contributed by atoms with Crippen LogP contribution in [0.15, 0.2) is 89.4 Å². The smallest absolute Gasteiger partial charge is 0.229 e. The Bertz CT molecular complexity index is 1470. The molecule has 1 N–H and O–H groups in total. The summed E-state index contributed by atoms with van der Waals surface area (Å²) in [6.07, 6.45) is 4.00. The van der Waals surface area contributed by atoms with Gasteiger partial charge >= 0.3 is 0 Å². The van der Waals surface area contributed by atoms with Gasteiger partial charge in [-0.3, -0.25) is 14.5 Å². The summed E-state index contributed by atoms with van der Waals surface area (Å²) in [5.74, 6) is 0.870. The maximum absolute atomic E-state index is 15.3. The van der Waals surface area contributed by atoms with Crippen LogP contribution in [-0.2, 0) is 26.4 Å². The molecule has 0 aliphatic carbocycles. The number of carbonyl (C=O) groups excluding carboxylic acids is 2. The highest BCUT2D eigenvalue weighted by Crippen LogP contribution is 2.52. The van der Waals surface area contributed by atoms with Crippen molar-refractivity contribution in [3.05, 3.63) is 106 Å². The Morgan fingerprint density at radius 1 is 0.867 bits per heavy atom. The minimum absolute atomic E-state index is 0.0404. The maximum Gasteiger partial charge on any atom is 0.229 e. The van der Waals surface area contributed by atoms with E-state index in [2.05, 4.69) is 104 Å². The van der Waals surface area contributed by atoms with E-state index in [4.69, 9.17) is 4.74 Å². The van der Waals surface area contributed by atoms with E-state index in [1.165, 1.54) is 5.56 Å². The zero-order chi connectivity index (χ0) is 30.9. The molecule has 0 aromatic heterocycles. The predicted molar refractivity (Wildman–Crippen MR) is 180 cm³/mol. The molecule has 0 radical (unpaired) electrons. The molecular weight excluding hydrogens is 626 g/mol. The minimum atomic E-state index is -0.784. The van der Waals surface area contributed by atoms with Crippen LogP contribution in [0.25, 0.3) is 0 Å². The van der Waals surface area contributed by atoms with Gasteiger partial charge in [0.25, 0.3) is 0 Å². The number of hydrogen-bond acceptors (Lipinski definition) is 5. The zero-order valence-corrected chi connectivity index (χ0v) is 27.6. The number of ketones is 1. The van der Waals surface area contributed by atoms with E-state index in [9.17, 15) is 4.79 Å². The molecular formula is C38H44BrN3O3. The summed E-state index contributed by atoms with van der Waals surface area (Å²) in [6, 6.07) is 29.6. The van der Waals surface area contributed by atoms with Gasteiger partial charge in [-0.05, 0) is 60.9 Å². The Kier molecular flexibility index (Phi) is 8.97. The lowest BCUT2D eigenvalue weighted by Crippen LogP contribution is -2.63. The van der Waals surface area contributed by atoms with Crippen molar-refractivity contribution < 1.29 is 14.3 Å². The summed E-state index contributed by atoms with van der Waals surface area (Å²) >= 11 is 3.52. The second-order valence-electron chi connectivity index (χ2n) is 13.5. The average Bonchev–Trinajstić information content (AvgIpc) is 3.70. The topological polar surface area (TPSA) is 61.9 Å². The summed E-state index contributed by atoms with van der Waals surface area (Å²) in [5, 5.41) is 3.71. The number of piperidine rings is 1. The van der Waals surface area contributed by atoms with Crippen molar-refractivity contribution >= 4 is 27.6 Å². The molecule has 45 heavy (non-hydrogen) atoms. The van der Waals surface area contributed by atoms with Crippen LogP contribution in [0.5, 0.6) is 0 Å². The maximum atomic E-state index is 15.3. The molecule has 3 aromatic rings. The number of hydrogen-bond donors (Lipinski definition) is 1. The molecule has 4 saturated heterocycles. The van der Waals surface area contributed by atoms with Gasteiger partial charge in [0.2, 0.25) is 5.91 Å². The number of carbonyl (C=O) groups is 2. The zero-order valence-electron chi connectivity index (χ0n) is 26.0. The van der Waals surface area contributed by atoms with Crippen molar-refractivity contribution in [2.45, 2.75) is 50.1 Å². The standard InChI is InChI=1S/C38H44BrN3O3/c39-32-13-11-28(12-14-32)27-41-20-17-37(36(41)44)18-21-42(22-19-37)38(31-9-5-2-6-10-31,35(43)30-15-23-45-24-16-30)34-26-40-25-33(34)29-7-3-1-4-8-29/h1-14,30,33-34,40H,15-27H2/t33-,34-,38?/m1/s1. The number of Topliss-reactive ketones (excluding diaryl/α,β-unsaturated/α-hetero) is 1. The van der Waals surface area contributed by atoms with Crippen molar-refractivity contribution in [3.63, 3.8) is 0 Å². The van der Waals surface area contributed by atoms with E-state index in [0.717, 1.165) is 80.4 Å². The summed E-state index contributed by atoms with van der Waals surface area (Å²) in [5.41, 5.74) is 2.42. The SMILES string of the molecule is O=C1N(Cc2ccc(Br)cc2)CCC12CCN(C(C(=O)C1CCOCC1)(c1ccccc1)[C@@H]1CNC[C@@H]1c1ccccc1)CC2. The molecule has 3 aromatic carbocycles. The molecule has 4 fully saturated rings. The van der Waals surface area contributed by atoms with Gasteiger partial charge < -0.3 is 15.0 Å². The summed E-state index contributed by atoms with van der Waals surface area (Å²) in [4.78, 5) is 34.0. The number of nitrogens with one attached hydrogen (secondary N) is 1. The van der Waals surface area contributed by atoms with Crippen molar-refractivity contribution in [3.8, 4) is 0 Å². The summed E-state index contributed by atoms with van der Waals surface area (Å²) in [6.45, 7) is 5.83. The first kappa shape index (κ1) is 30.8. The number of rotatable bonds is 8. The number of ether oxygens (including phenoxy) is 1. The Labute approximate surface area is 275 Å². The molecule has 0 saturated carbocycles. The number of nitrogens with zero attached hydrogens (tertiary/aromatic N) is 2. The van der Waals surface area contributed by atoms with E-state index in [0.29, 0.717) is 25.5 Å². The Hall–Kier alpha value is -2.84. The van der Waals surface area contributed by atoms with Crippen LogP contribution < -0.4 is 5.32 Å². The van der Waals surface area contributed by atoms with E-state index in [1.54, 1.807) is 0 Å². The van der Waals surface area contributed by atoms with Crippen LogP contribution in [-0.4, -0.2) is 67.4 Å². The van der Waals surface area contributed by atoms with Gasteiger partial charge in [-0.25, -0.2) is 0 Å². The third-order valence-corrected chi connectivity index (χ3v) is 11.8. The van der Waals surface area contributed by atoms with Crippen LogP contribution in [0.1, 0.15) is 54.7 Å². The fourth-order valence-electron chi connectivity index (χ4n) is 8.85. The molecule has 4 aliphatic rings. The lowest BCUT2D eigenvalue weighted by atomic mass is 9.63. The van der Waals surface area contributed by atoms with Crippen molar-refractivity contribution in [1.82, 2.24) is 15.1 Å². The first-order valence-corrected chi connectivity index (χ1v) is 17.5. The predicted octanol–water partition coefficient (Wildman–Crippen LogP) is 6.16. The van der Waals surface area contributed by atoms with Gasteiger partial charge in [0, 0.05) is 74.7 Å². The van der Waals surface area contributed by atoms with E-state index in [-0.39, 0.29) is 29.1 Å². The largest absolute Gasteiger partial charge is 0.381 e. The number of benzene rings is 3. The second kappa shape index (κ2) is 13.1. The van der Waals surface area contributed by atoms with Gasteiger partial charge in [0.05, 0.1) is 5.41 Å². The fraction of sp³-hybridized carbons (Fsp3) is 0.474. The fourth-order valence-corrected chi connectivity index (χ4v) is 9.11. The average molecular weight is 671 g/mol. The van der Waals surface area contributed by atoms with Crippen LogP contribution in [0.3, 0.4) is 0 Å². The number of halogens is 1. The number of likely N-dealkylation sites (tertiary alicyclic amines) is 2. The molecule has 1 unspecified atom stereocenters. The molecule has 7 rings (SSSR count). The normalized spacial score (nSPS) is 25.4. The lowest BCUT2D eigenvalue weighted by molar-refractivity contribution is -0.149. The number of amides is 1.